The van der Waals surface area contributed by atoms with E-state index in [-0.39, 0.29) is 47.9 Å². The average Bonchev–Trinajstić information content (AvgIpc) is 1.62. The molecular formula is C110H131N17O11. The molecule has 0 unspecified atom stereocenters. The first-order valence-corrected chi connectivity index (χ1v) is 47.5. The Bertz CT molecular complexity index is 6540. The highest BCUT2D eigenvalue weighted by atomic mass is 16.6. The second-order valence-corrected chi connectivity index (χ2v) is 39.8. The van der Waals surface area contributed by atoms with Crippen molar-refractivity contribution in [3.05, 3.63) is 295 Å². The fourth-order valence-corrected chi connectivity index (χ4v) is 18.7. The molecule has 0 radical (unpaired) electrons. The van der Waals surface area contributed by atoms with E-state index >= 15 is 0 Å². The number of ether oxygens (including phenoxy) is 2. The monoisotopic (exact) mass is 1870 g/mol. The van der Waals surface area contributed by atoms with Gasteiger partial charge in [-0.05, 0) is 254 Å². The van der Waals surface area contributed by atoms with Crippen LogP contribution in [0.4, 0.5) is 57.3 Å². The lowest BCUT2D eigenvalue weighted by molar-refractivity contribution is -0.155. The third-order valence-corrected chi connectivity index (χ3v) is 26.1. The van der Waals surface area contributed by atoms with Gasteiger partial charge in [0, 0.05) is 164 Å². The lowest BCUT2D eigenvalue weighted by Gasteiger charge is -2.36. The van der Waals surface area contributed by atoms with Gasteiger partial charge in [0.15, 0.2) is 0 Å². The molecular weight excluding hydrogens is 1740 g/mol. The van der Waals surface area contributed by atoms with Gasteiger partial charge in [0.1, 0.15) is 28.7 Å². The van der Waals surface area contributed by atoms with Crippen molar-refractivity contribution in [2.24, 2.45) is 33.6 Å². The van der Waals surface area contributed by atoms with E-state index in [1.807, 2.05) is 333 Å². The number of hydrogen-bond donors (Lipinski definition) is 1. The largest absolute Gasteiger partial charge is 0.481 e. The quantitative estimate of drug-likeness (QED) is 0.0781. The second kappa shape index (κ2) is 42.1. The molecule has 8 aromatic carbocycles. The van der Waals surface area contributed by atoms with E-state index in [4.69, 9.17) is 14.6 Å². The number of carboxylic acids is 1. The molecule has 0 aliphatic carbocycles. The minimum Gasteiger partial charge on any atom is -0.481 e. The van der Waals surface area contributed by atoms with E-state index in [1.165, 1.54) is 6.42 Å². The van der Waals surface area contributed by atoms with Crippen molar-refractivity contribution in [1.29, 1.82) is 0 Å². The summed E-state index contributed by atoms with van der Waals surface area (Å²) in [5.41, 5.74) is 22.5. The van der Waals surface area contributed by atoms with E-state index in [0.717, 1.165) is 174 Å². The molecule has 28 heteroatoms. The second-order valence-electron chi connectivity index (χ2n) is 39.8. The predicted molar refractivity (Wildman–Crippen MR) is 542 cm³/mol. The molecule has 722 valence electrons. The highest BCUT2D eigenvalue weighted by Crippen LogP contribution is 2.45. The van der Waals surface area contributed by atoms with Gasteiger partial charge in [-0.2, -0.15) is 20.4 Å². The van der Waals surface area contributed by atoms with Crippen LogP contribution in [0.3, 0.4) is 0 Å². The minimum absolute atomic E-state index is 0.0408. The first-order valence-electron chi connectivity index (χ1n) is 47.5. The maximum Gasteiger partial charge on any atom is 0.306 e. The average molecular weight is 1870 g/mol. The summed E-state index contributed by atoms with van der Waals surface area (Å²) < 4.78 is 18.2. The van der Waals surface area contributed by atoms with Gasteiger partial charge < -0.3 is 53.8 Å². The maximum absolute atomic E-state index is 13.9. The number of aryl methyl sites for hydroxylation is 12. The van der Waals surface area contributed by atoms with E-state index in [9.17, 15) is 38.4 Å². The fourth-order valence-electron chi connectivity index (χ4n) is 18.7. The summed E-state index contributed by atoms with van der Waals surface area (Å²) in [4.78, 5) is 121. The highest BCUT2D eigenvalue weighted by Gasteiger charge is 2.36. The minimum atomic E-state index is -0.827. The first kappa shape index (κ1) is 99.7. The lowest BCUT2D eigenvalue weighted by Crippen LogP contribution is -2.49. The number of nitrogens with zero attached hydrogens (tertiary/aromatic N) is 17. The zero-order chi connectivity index (χ0) is 99.1. The molecule has 138 heavy (non-hydrogen) atoms. The smallest absolute Gasteiger partial charge is 0.306 e. The Morgan fingerprint density at radius 3 is 0.993 bits per heavy atom. The molecule has 0 spiro atoms. The van der Waals surface area contributed by atoms with Gasteiger partial charge in [0.25, 0.3) is 23.6 Å². The molecule has 0 bridgehead atoms. The van der Waals surface area contributed by atoms with Gasteiger partial charge in [0.2, 0.25) is 5.91 Å². The molecule has 12 aromatic rings. The number of carbonyl (C=O) groups excluding carboxylic acids is 7. The van der Waals surface area contributed by atoms with Crippen LogP contribution in [-0.4, -0.2) is 167 Å². The van der Waals surface area contributed by atoms with E-state index in [2.05, 4.69) is 66.8 Å². The molecule has 0 atom stereocenters. The highest BCUT2D eigenvalue weighted by molar-refractivity contribution is 6.11. The van der Waals surface area contributed by atoms with Gasteiger partial charge in [-0.15, -0.1) is 0 Å². The third kappa shape index (κ3) is 23.3. The molecule has 1 saturated heterocycles. The number of benzene rings is 8. The van der Waals surface area contributed by atoms with Crippen molar-refractivity contribution in [3.63, 3.8) is 0 Å². The number of piperazine rings is 1. The van der Waals surface area contributed by atoms with Crippen LogP contribution in [0.1, 0.15) is 214 Å². The van der Waals surface area contributed by atoms with Crippen LogP contribution in [-0.2, 0) is 115 Å². The zero-order valence-electron chi connectivity index (χ0n) is 83.5. The third-order valence-electron chi connectivity index (χ3n) is 26.1. The van der Waals surface area contributed by atoms with Crippen LogP contribution in [0.5, 0.6) is 0 Å². The Morgan fingerprint density at radius 1 is 0.348 bits per heavy atom. The van der Waals surface area contributed by atoms with Crippen LogP contribution >= 0.6 is 0 Å². The number of carboxylic acid groups (broad SMARTS) is 1. The number of esters is 2. The van der Waals surface area contributed by atoms with Gasteiger partial charge in [-0.25, -0.2) is 0 Å². The number of para-hydroxylation sites is 7. The zero-order valence-corrected chi connectivity index (χ0v) is 83.5. The van der Waals surface area contributed by atoms with Gasteiger partial charge >= 0.3 is 17.9 Å². The Labute approximate surface area is 810 Å². The van der Waals surface area contributed by atoms with Crippen molar-refractivity contribution >= 4 is 105 Å². The topological polar surface area (TPSA) is 276 Å². The van der Waals surface area contributed by atoms with Crippen LogP contribution in [0.2, 0.25) is 0 Å². The number of rotatable bonds is 18. The van der Waals surface area contributed by atoms with Crippen LogP contribution in [0, 0.1) is 33.1 Å². The standard InChI is InChI=1S/C33H44N6O2.C27H32N4O3.C27H31N3O3.C23H24N4O3/c1-24-21-26(12-11-25(24)13-14-30(40)38-19-17-37(18-20-38)16-15-33(2,3)4)32(41)39-23-27-22-34-36(6)31(27)35(5)28-9-7-8-10-29(28)39;1-18-15-20(12-11-19(18)13-14-24(32)34-27(2,3)4)26(33)31-17-21-16-28-30(6)25(21)29(5)22-9-7-8-10-23(22)31;1-18-14-21(11-10-19(18)12-13-25(31)33-27(2,3)4)26(32)30-17-22-16-28-29(5)24(22)15-20-8-6-7-9-23(20)30;1-15-12-17(9-8-16(15)10-11-21(28)29)23(30)27-14-18-13-24-26(3)22(18)25(2)19-6-4-5-7-20(19)27/h7-12,21-22H,13-20,23H2,1-6H3;7-12,15-16H,13-14,17H2,1-6H3;6-11,14,16H,12-13,15,17H2,1-5H3;4-9,12-13H,10-11,14H2,1-3H3,(H,28,29). The Hall–Kier alpha value is -14.3. The molecule has 5 aliphatic rings. The van der Waals surface area contributed by atoms with Crippen LogP contribution in [0.25, 0.3) is 0 Å². The van der Waals surface area contributed by atoms with E-state index < -0.39 is 17.2 Å². The van der Waals surface area contributed by atoms with Gasteiger partial charge in [0.05, 0.1) is 85.1 Å². The molecule has 1 fully saturated rings. The number of anilines is 10. The molecule has 17 rings (SSSR count). The number of amides is 5. The van der Waals surface area contributed by atoms with Crippen molar-refractivity contribution in [3.8, 4) is 0 Å². The maximum atomic E-state index is 13.9. The first-order chi connectivity index (χ1) is 65.5. The Balaban J connectivity index is 0.000000148. The molecule has 5 amide bonds. The summed E-state index contributed by atoms with van der Waals surface area (Å²) in [6, 6.07) is 54.6. The normalized spacial score (nSPS) is 13.9. The van der Waals surface area contributed by atoms with E-state index in [1.54, 1.807) is 17.2 Å². The fraction of sp³-hybridized carbons (Fsp3) is 0.382. The SMILES string of the molecule is Cc1cc(C(=O)N2Cc3cnn(C)c3Cc3ccccc32)ccc1CCC(=O)OC(C)(C)C.Cc1cc(C(=O)N2Cc3cnn(C)c3N(C)c3ccccc32)ccc1CCC(=O)N1CCN(CCC(C)(C)C)CC1.Cc1cc(C(=O)N2Cc3cnn(C)c3N(C)c3ccccc32)ccc1CCC(=O)O.Cc1cc(C(=O)N2Cc3cnn(C)c3N(C)c3ccccc32)ccc1CCC(=O)OC(C)(C)C. The number of aromatic nitrogens is 8. The van der Waals surface area contributed by atoms with Crippen molar-refractivity contribution in [1.82, 2.24) is 48.9 Å². The molecule has 28 nitrogen and oxygen atoms in total. The number of fused-ring (bicyclic) bond motifs is 8. The van der Waals surface area contributed by atoms with Gasteiger partial charge in [-0.1, -0.05) is 99.6 Å². The molecule has 0 saturated carbocycles. The summed E-state index contributed by atoms with van der Waals surface area (Å²) in [5, 5.41) is 26.6. The molecule has 5 aliphatic heterocycles. The summed E-state index contributed by atoms with van der Waals surface area (Å²) in [6.45, 7) is 32.3. The van der Waals surface area contributed by atoms with Crippen molar-refractivity contribution in [2.45, 2.75) is 192 Å². The predicted octanol–water partition coefficient (Wildman–Crippen LogP) is 18.5. The summed E-state index contributed by atoms with van der Waals surface area (Å²) in [5.74, 6) is 1.62. The molecule has 4 aromatic heterocycles. The summed E-state index contributed by atoms with van der Waals surface area (Å²) >= 11 is 0. The number of aliphatic carboxylic acids is 1. The molecule has 9 heterocycles. The summed E-state index contributed by atoms with van der Waals surface area (Å²) in [6.07, 6.45) is 12.7. The number of carbonyl (C=O) groups is 8. The molecule has 1 N–H and O–H groups in total. The number of hydrogen-bond acceptors (Lipinski definition) is 18. The van der Waals surface area contributed by atoms with Crippen molar-refractivity contribution in [2.75, 3.05) is 88.2 Å². The van der Waals surface area contributed by atoms with Crippen LogP contribution in [0.15, 0.2) is 195 Å². The lowest BCUT2D eigenvalue weighted by atomic mass is 9.92. The van der Waals surface area contributed by atoms with Crippen LogP contribution < -0.4 is 34.3 Å². The Morgan fingerprint density at radius 2 is 0.652 bits per heavy atom. The van der Waals surface area contributed by atoms with Crippen molar-refractivity contribution < 1.29 is 52.9 Å². The Kier molecular flexibility index (Phi) is 30.4. The van der Waals surface area contributed by atoms with Gasteiger partial charge in [-0.3, -0.25) is 62.0 Å². The summed E-state index contributed by atoms with van der Waals surface area (Å²) in [7, 11) is 13.7. The van der Waals surface area contributed by atoms with E-state index in [0.29, 0.717) is 98.8 Å².